The Hall–Kier alpha value is -2.65. The van der Waals surface area contributed by atoms with Gasteiger partial charge in [-0.3, -0.25) is 10.6 Å². The molecule has 25 heavy (non-hydrogen) atoms. The molecule has 0 fully saturated rings. The monoisotopic (exact) mass is 364 g/mol. The van der Waals surface area contributed by atoms with Crippen molar-refractivity contribution < 1.29 is 37.0 Å². The van der Waals surface area contributed by atoms with Crippen molar-refractivity contribution in [1.82, 2.24) is 0 Å². The fourth-order valence-corrected chi connectivity index (χ4v) is 1.59. The van der Waals surface area contributed by atoms with Gasteiger partial charge < -0.3 is 14.2 Å². The second-order valence-corrected chi connectivity index (χ2v) is 5.86. The Balaban J connectivity index is 2.74. The van der Waals surface area contributed by atoms with Gasteiger partial charge in [-0.15, -0.1) is 0 Å². The predicted molar refractivity (Wildman–Crippen MR) is 83.9 cm³/mol. The molecule has 2 amide bonds. The van der Waals surface area contributed by atoms with Gasteiger partial charge in [0, 0.05) is 11.8 Å². The van der Waals surface area contributed by atoms with Crippen LogP contribution in [0.1, 0.15) is 20.8 Å². The van der Waals surface area contributed by atoms with Crippen molar-refractivity contribution in [3.05, 3.63) is 18.2 Å². The lowest BCUT2D eigenvalue weighted by atomic mass is 10.2. The summed E-state index contributed by atoms with van der Waals surface area (Å²) in [6.07, 6.45) is -6.60. The van der Waals surface area contributed by atoms with Crippen molar-refractivity contribution in [3.8, 4) is 5.75 Å². The number of amides is 2. The summed E-state index contributed by atoms with van der Waals surface area (Å²) in [5.74, 6) is 0.166. The lowest BCUT2D eigenvalue weighted by Gasteiger charge is -2.20. The smallest absolute Gasteiger partial charge is 0.422 e. The van der Waals surface area contributed by atoms with Gasteiger partial charge in [0.05, 0.1) is 12.8 Å². The number of hydrogen-bond donors (Lipinski definition) is 2. The Kier molecular flexibility index (Phi) is 6.49. The first-order valence-electron chi connectivity index (χ1n) is 7.08. The first kappa shape index (κ1) is 20.4. The van der Waals surface area contributed by atoms with E-state index in [-0.39, 0.29) is 17.1 Å². The summed E-state index contributed by atoms with van der Waals surface area (Å²) >= 11 is 0. The van der Waals surface area contributed by atoms with Crippen molar-refractivity contribution in [2.75, 3.05) is 24.4 Å². The van der Waals surface area contributed by atoms with Gasteiger partial charge in [-0.2, -0.15) is 13.2 Å². The zero-order chi connectivity index (χ0) is 19.3. The molecule has 140 valence electrons. The van der Waals surface area contributed by atoms with Crippen LogP contribution >= 0.6 is 0 Å². The van der Waals surface area contributed by atoms with Crippen LogP contribution in [0.15, 0.2) is 18.2 Å². The van der Waals surface area contributed by atoms with Crippen LogP contribution in [0.4, 0.5) is 34.1 Å². The Morgan fingerprint density at radius 3 is 2.24 bits per heavy atom. The molecule has 1 aromatic carbocycles. The highest BCUT2D eigenvalue weighted by atomic mass is 19.4. The summed E-state index contributed by atoms with van der Waals surface area (Å²) in [5, 5.41) is 4.59. The molecule has 0 atom stereocenters. The van der Waals surface area contributed by atoms with Gasteiger partial charge in [-0.05, 0) is 32.9 Å². The third kappa shape index (κ3) is 8.13. The minimum absolute atomic E-state index is 0.124. The van der Waals surface area contributed by atoms with Crippen LogP contribution < -0.4 is 15.4 Å². The van der Waals surface area contributed by atoms with E-state index < -0.39 is 30.6 Å². The maximum atomic E-state index is 12.0. The quantitative estimate of drug-likeness (QED) is 0.838. The second-order valence-electron chi connectivity index (χ2n) is 5.86. The van der Waals surface area contributed by atoms with E-state index in [2.05, 4.69) is 15.4 Å². The molecule has 0 aliphatic rings. The number of benzene rings is 1. The summed E-state index contributed by atoms with van der Waals surface area (Å²) in [6.45, 7) is 3.39. The molecule has 0 aliphatic carbocycles. The van der Waals surface area contributed by atoms with E-state index in [9.17, 15) is 22.8 Å². The van der Waals surface area contributed by atoms with E-state index in [1.165, 1.54) is 25.3 Å². The van der Waals surface area contributed by atoms with Gasteiger partial charge >= 0.3 is 18.4 Å². The zero-order valence-electron chi connectivity index (χ0n) is 14.1. The van der Waals surface area contributed by atoms with Crippen molar-refractivity contribution in [3.63, 3.8) is 0 Å². The number of methoxy groups -OCH3 is 1. The lowest BCUT2D eigenvalue weighted by Crippen LogP contribution is -2.27. The molecule has 0 unspecified atom stereocenters. The minimum Gasteiger partial charge on any atom is -0.494 e. The molecular formula is C15H19F3N2O5. The van der Waals surface area contributed by atoms with Gasteiger partial charge in [0.1, 0.15) is 11.4 Å². The molecule has 2 N–H and O–H groups in total. The largest absolute Gasteiger partial charge is 0.494 e. The average molecular weight is 364 g/mol. The van der Waals surface area contributed by atoms with E-state index in [1.807, 2.05) is 0 Å². The summed E-state index contributed by atoms with van der Waals surface area (Å²) in [7, 11) is 1.32. The summed E-state index contributed by atoms with van der Waals surface area (Å²) in [5.41, 5.74) is -0.314. The summed E-state index contributed by atoms with van der Waals surface area (Å²) in [6, 6.07) is 4.05. The summed E-state index contributed by atoms with van der Waals surface area (Å²) in [4.78, 5) is 23.1. The number of carbonyl (C=O) groups is 2. The standard InChI is InChI=1S/C15H19F3N2O5/c1-14(2,3)25-13(22)20-10-6-5-9(7-11(10)23-4)19-12(21)24-8-15(16,17)18/h5-7H,8H2,1-4H3,(H,19,21)(H,20,22). The number of carbonyl (C=O) groups excluding carboxylic acids is 2. The zero-order valence-corrected chi connectivity index (χ0v) is 14.1. The lowest BCUT2D eigenvalue weighted by molar-refractivity contribution is -0.159. The predicted octanol–water partition coefficient (Wildman–Crippen LogP) is 4.15. The van der Waals surface area contributed by atoms with Gasteiger partial charge in [0.25, 0.3) is 0 Å². The number of halogens is 3. The summed E-state index contributed by atoms with van der Waals surface area (Å²) < 4.78 is 50.2. The Morgan fingerprint density at radius 2 is 1.72 bits per heavy atom. The van der Waals surface area contributed by atoms with Crippen LogP contribution in [0.5, 0.6) is 5.75 Å². The maximum Gasteiger partial charge on any atom is 0.422 e. The molecule has 0 spiro atoms. The van der Waals surface area contributed by atoms with Crippen molar-refractivity contribution in [2.45, 2.75) is 32.5 Å². The molecule has 7 nitrogen and oxygen atoms in total. The molecule has 1 aromatic rings. The first-order chi connectivity index (χ1) is 11.4. The number of anilines is 2. The van der Waals surface area contributed by atoms with Crippen LogP contribution in [-0.4, -0.2) is 37.7 Å². The Bertz CT molecular complexity index is 627. The number of alkyl halides is 3. The van der Waals surface area contributed by atoms with Crippen LogP contribution in [0.25, 0.3) is 0 Å². The minimum atomic E-state index is -4.61. The molecule has 10 heteroatoms. The third-order valence-corrected chi connectivity index (χ3v) is 2.45. The normalized spacial score (nSPS) is 11.5. The van der Waals surface area contributed by atoms with Crippen LogP contribution in [0.2, 0.25) is 0 Å². The Labute approximate surface area is 142 Å². The molecule has 1 rings (SSSR count). The molecule has 0 heterocycles. The number of hydrogen-bond acceptors (Lipinski definition) is 5. The highest BCUT2D eigenvalue weighted by Crippen LogP contribution is 2.28. The van der Waals surface area contributed by atoms with E-state index >= 15 is 0 Å². The van der Waals surface area contributed by atoms with Gasteiger partial charge in [0.2, 0.25) is 0 Å². The molecular weight excluding hydrogens is 345 g/mol. The maximum absolute atomic E-state index is 12.0. The number of ether oxygens (including phenoxy) is 3. The fourth-order valence-electron chi connectivity index (χ4n) is 1.59. The van der Waals surface area contributed by atoms with Crippen molar-refractivity contribution in [1.29, 1.82) is 0 Å². The van der Waals surface area contributed by atoms with Crippen molar-refractivity contribution >= 4 is 23.6 Å². The molecule has 0 radical (unpaired) electrons. The SMILES string of the molecule is COc1cc(NC(=O)OCC(F)(F)F)ccc1NC(=O)OC(C)(C)C. The van der Waals surface area contributed by atoms with Crippen LogP contribution in [0.3, 0.4) is 0 Å². The Morgan fingerprint density at radius 1 is 1.08 bits per heavy atom. The fraction of sp³-hybridized carbons (Fsp3) is 0.467. The van der Waals surface area contributed by atoms with Gasteiger partial charge in [-0.25, -0.2) is 9.59 Å². The topological polar surface area (TPSA) is 85.9 Å². The number of rotatable bonds is 4. The highest BCUT2D eigenvalue weighted by molar-refractivity contribution is 5.89. The van der Waals surface area contributed by atoms with E-state index in [0.29, 0.717) is 0 Å². The molecule has 0 bridgehead atoms. The third-order valence-electron chi connectivity index (χ3n) is 2.45. The molecule has 0 aromatic heterocycles. The van der Waals surface area contributed by atoms with Crippen molar-refractivity contribution in [2.24, 2.45) is 0 Å². The van der Waals surface area contributed by atoms with Gasteiger partial charge in [-0.1, -0.05) is 0 Å². The second kappa shape index (κ2) is 7.95. The van der Waals surface area contributed by atoms with Gasteiger partial charge in [0.15, 0.2) is 6.61 Å². The first-order valence-corrected chi connectivity index (χ1v) is 7.08. The highest BCUT2D eigenvalue weighted by Gasteiger charge is 2.29. The molecule has 0 aliphatic heterocycles. The van der Waals surface area contributed by atoms with E-state index in [4.69, 9.17) is 9.47 Å². The van der Waals surface area contributed by atoms with E-state index in [1.54, 1.807) is 20.8 Å². The van der Waals surface area contributed by atoms with Crippen LogP contribution in [0, 0.1) is 0 Å². The molecule has 0 saturated carbocycles. The van der Waals surface area contributed by atoms with E-state index in [0.717, 1.165) is 0 Å². The molecule has 0 saturated heterocycles. The average Bonchev–Trinajstić information content (AvgIpc) is 2.44. The van der Waals surface area contributed by atoms with Crippen LogP contribution in [-0.2, 0) is 9.47 Å². The number of nitrogens with one attached hydrogen (secondary N) is 2.